The molecule has 2 rings (SSSR count). The van der Waals surface area contributed by atoms with Gasteiger partial charge in [0.05, 0.1) is 10.6 Å². The fourth-order valence-corrected chi connectivity index (χ4v) is 2.23. The van der Waals surface area contributed by atoms with Gasteiger partial charge >= 0.3 is 21.3 Å². The summed E-state index contributed by atoms with van der Waals surface area (Å²) in [6, 6.07) is 1.56. The molecule has 1 N–H and O–H groups in total. The highest BCUT2D eigenvalue weighted by Crippen LogP contribution is 2.38. The van der Waals surface area contributed by atoms with Crippen LogP contribution in [-0.4, -0.2) is 24.8 Å². The number of halogens is 3. The summed E-state index contributed by atoms with van der Waals surface area (Å²) in [5.74, 6) is -1.48. The molecule has 1 amide bonds. The number of nitro benzene ring substituents is 1. The van der Waals surface area contributed by atoms with E-state index in [1.807, 2.05) is 0 Å². The number of alkyl halides is 3. The second kappa shape index (κ2) is 5.12. The first-order valence-electron chi connectivity index (χ1n) is 5.63. The molecule has 120 valence electrons. The molecule has 0 atom stereocenters. The van der Waals surface area contributed by atoms with Crippen LogP contribution in [0.3, 0.4) is 0 Å². The lowest BCUT2D eigenvalue weighted by Gasteiger charge is -2.18. The van der Waals surface area contributed by atoms with Crippen LogP contribution in [0.2, 0.25) is 0 Å². The number of rotatable bonds is 3. The lowest BCUT2D eigenvalue weighted by Crippen LogP contribution is -2.28. The normalized spacial score (nSPS) is 15.0. The van der Waals surface area contributed by atoms with Gasteiger partial charge in [-0.2, -0.15) is 21.6 Å². The van der Waals surface area contributed by atoms with Crippen LogP contribution in [0.4, 0.5) is 24.5 Å². The quantitative estimate of drug-likeness (QED) is 0.387. The number of hydrogen-bond donors (Lipinski definition) is 1. The number of fused-ring (bicyclic) bond motifs is 1. The van der Waals surface area contributed by atoms with E-state index in [1.165, 1.54) is 0 Å². The molecular weight excluding hydrogens is 333 g/mol. The highest BCUT2D eigenvalue weighted by atomic mass is 32.2. The van der Waals surface area contributed by atoms with E-state index in [4.69, 9.17) is 0 Å². The standard InChI is InChI=1S/C10H7F3N2O6S/c11-10(12,13)22(19,20)21-8-3-5-1-2-9(16)14-6(5)4-7(8)15(17)18/h3-4H,1-2H2,(H,14,16). The molecule has 0 fully saturated rings. The van der Waals surface area contributed by atoms with Crippen LogP contribution >= 0.6 is 0 Å². The average molecular weight is 340 g/mol. The van der Waals surface area contributed by atoms with Crippen molar-refractivity contribution in [2.75, 3.05) is 5.32 Å². The van der Waals surface area contributed by atoms with Gasteiger partial charge in [0.25, 0.3) is 0 Å². The van der Waals surface area contributed by atoms with Gasteiger partial charge in [0.2, 0.25) is 11.7 Å². The van der Waals surface area contributed by atoms with Crippen LogP contribution in [0.25, 0.3) is 0 Å². The third-order valence-corrected chi connectivity index (χ3v) is 3.73. The molecule has 0 saturated carbocycles. The molecule has 0 radical (unpaired) electrons. The summed E-state index contributed by atoms with van der Waals surface area (Å²) in [5.41, 5.74) is -6.46. The number of carbonyl (C=O) groups excluding carboxylic acids is 1. The molecule has 22 heavy (non-hydrogen) atoms. The second-order valence-corrected chi connectivity index (χ2v) is 5.80. The number of anilines is 1. The van der Waals surface area contributed by atoms with Crippen molar-refractivity contribution in [1.29, 1.82) is 0 Å². The molecule has 0 aromatic heterocycles. The highest BCUT2D eigenvalue weighted by molar-refractivity contribution is 7.88. The molecule has 12 heteroatoms. The zero-order valence-corrected chi connectivity index (χ0v) is 11.3. The van der Waals surface area contributed by atoms with Crippen molar-refractivity contribution in [2.45, 2.75) is 18.3 Å². The van der Waals surface area contributed by atoms with Crippen LogP contribution in [0.15, 0.2) is 12.1 Å². The maximum absolute atomic E-state index is 12.3. The molecule has 1 aliphatic heterocycles. The van der Waals surface area contributed by atoms with Gasteiger partial charge in [0, 0.05) is 12.5 Å². The molecule has 1 aliphatic rings. The van der Waals surface area contributed by atoms with Crippen LogP contribution in [0, 0.1) is 10.1 Å². The molecule has 1 aromatic rings. The minimum Gasteiger partial charge on any atom is -0.369 e. The summed E-state index contributed by atoms with van der Waals surface area (Å²) in [4.78, 5) is 20.9. The van der Waals surface area contributed by atoms with Gasteiger partial charge in [-0.3, -0.25) is 14.9 Å². The molecule has 0 unspecified atom stereocenters. The van der Waals surface area contributed by atoms with Crippen molar-refractivity contribution in [1.82, 2.24) is 0 Å². The number of nitrogens with zero attached hydrogens (tertiary/aromatic N) is 1. The van der Waals surface area contributed by atoms with Gasteiger partial charge in [0.15, 0.2) is 0 Å². The monoisotopic (exact) mass is 340 g/mol. The zero-order chi connectivity index (χ0) is 16.7. The van der Waals surface area contributed by atoms with Crippen molar-refractivity contribution >= 4 is 27.4 Å². The Labute approximate surface area is 121 Å². The van der Waals surface area contributed by atoms with Gasteiger partial charge in [-0.15, -0.1) is 0 Å². The van der Waals surface area contributed by atoms with E-state index in [2.05, 4.69) is 9.50 Å². The minimum absolute atomic E-state index is 0.0102. The maximum atomic E-state index is 12.3. The summed E-state index contributed by atoms with van der Waals surface area (Å²) in [5, 5.41) is 13.2. The number of hydrogen-bond acceptors (Lipinski definition) is 6. The molecule has 8 nitrogen and oxygen atoms in total. The Hall–Kier alpha value is -2.37. The highest BCUT2D eigenvalue weighted by Gasteiger charge is 2.49. The Bertz CT molecular complexity index is 759. The second-order valence-electron chi connectivity index (χ2n) is 4.27. The Kier molecular flexibility index (Phi) is 3.73. The lowest BCUT2D eigenvalue weighted by molar-refractivity contribution is -0.385. The Morgan fingerprint density at radius 1 is 1.27 bits per heavy atom. The SMILES string of the molecule is O=C1CCc2cc(OS(=O)(=O)C(F)(F)F)c([N+](=O)[O-])cc2N1. The van der Waals surface area contributed by atoms with Crippen molar-refractivity contribution < 1.29 is 35.5 Å². The Morgan fingerprint density at radius 2 is 1.91 bits per heavy atom. The molecule has 0 bridgehead atoms. The fraction of sp³-hybridized carbons (Fsp3) is 0.300. The number of carbonyl (C=O) groups is 1. The number of benzene rings is 1. The van der Waals surface area contributed by atoms with Crippen molar-refractivity contribution in [3.63, 3.8) is 0 Å². The largest absolute Gasteiger partial charge is 0.534 e. The summed E-state index contributed by atoms with van der Waals surface area (Å²) < 4.78 is 62.7. The first-order valence-corrected chi connectivity index (χ1v) is 7.04. The van der Waals surface area contributed by atoms with E-state index in [1.54, 1.807) is 0 Å². The van der Waals surface area contributed by atoms with E-state index in [9.17, 15) is 36.5 Å². The third-order valence-electron chi connectivity index (χ3n) is 2.76. The maximum Gasteiger partial charge on any atom is 0.534 e. The number of amides is 1. The van der Waals surface area contributed by atoms with Gasteiger partial charge in [-0.25, -0.2) is 0 Å². The summed E-state index contributed by atoms with van der Waals surface area (Å²) >= 11 is 0. The van der Waals surface area contributed by atoms with Gasteiger partial charge in [0.1, 0.15) is 0 Å². The van der Waals surface area contributed by atoms with Crippen molar-refractivity contribution in [2.24, 2.45) is 0 Å². The molecule has 0 aliphatic carbocycles. The Morgan fingerprint density at radius 3 is 2.45 bits per heavy atom. The first-order chi connectivity index (χ1) is 10.0. The minimum atomic E-state index is -6.04. The van der Waals surface area contributed by atoms with E-state index < -0.39 is 37.9 Å². The number of nitrogens with one attached hydrogen (secondary N) is 1. The molecule has 0 saturated heterocycles. The predicted molar refractivity (Wildman–Crippen MR) is 65.6 cm³/mol. The summed E-state index contributed by atoms with van der Waals surface area (Å²) in [7, 11) is -6.04. The summed E-state index contributed by atoms with van der Waals surface area (Å²) in [6.07, 6.45) is 0.0951. The van der Waals surface area contributed by atoms with Crippen LogP contribution in [0.1, 0.15) is 12.0 Å². The molecular formula is C10H7F3N2O6S. The van der Waals surface area contributed by atoms with Crippen LogP contribution in [0.5, 0.6) is 5.75 Å². The van der Waals surface area contributed by atoms with E-state index in [0.29, 0.717) is 0 Å². The lowest BCUT2D eigenvalue weighted by atomic mass is 10.0. The van der Waals surface area contributed by atoms with E-state index in [-0.39, 0.29) is 24.1 Å². The number of aryl methyl sites for hydroxylation is 1. The fourth-order valence-electron chi connectivity index (χ4n) is 1.77. The Balaban J connectivity index is 2.52. The van der Waals surface area contributed by atoms with Gasteiger partial charge in [-0.05, 0) is 18.1 Å². The van der Waals surface area contributed by atoms with E-state index in [0.717, 1.165) is 12.1 Å². The molecule has 1 heterocycles. The summed E-state index contributed by atoms with van der Waals surface area (Å²) in [6.45, 7) is 0. The van der Waals surface area contributed by atoms with Crippen molar-refractivity contribution in [3.8, 4) is 5.75 Å². The number of nitro groups is 1. The third kappa shape index (κ3) is 2.95. The molecule has 0 spiro atoms. The average Bonchev–Trinajstić information content (AvgIpc) is 2.36. The van der Waals surface area contributed by atoms with Crippen LogP contribution < -0.4 is 9.50 Å². The zero-order valence-electron chi connectivity index (χ0n) is 10.5. The van der Waals surface area contributed by atoms with Gasteiger partial charge in [-0.1, -0.05) is 0 Å². The smallest absolute Gasteiger partial charge is 0.369 e. The van der Waals surface area contributed by atoms with E-state index >= 15 is 0 Å². The predicted octanol–water partition coefficient (Wildman–Crippen LogP) is 1.71. The topological polar surface area (TPSA) is 116 Å². The van der Waals surface area contributed by atoms with Crippen LogP contribution in [-0.2, 0) is 21.3 Å². The first kappa shape index (κ1) is 16.0. The van der Waals surface area contributed by atoms with Crippen molar-refractivity contribution in [3.05, 3.63) is 27.8 Å². The van der Waals surface area contributed by atoms with Gasteiger partial charge < -0.3 is 9.50 Å². The molecule has 1 aromatic carbocycles.